The van der Waals surface area contributed by atoms with Crippen molar-refractivity contribution >= 4 is 55.8 Å². The molecule has 214 valence electrons. The molecule has 0 radical (unpaired) electrons. The highest BCUT2D eigenvalue weighted by molar-refractivity contribution is 7.93. The lowest BCUT2D eigenvalue weighted by Gasteiger charge is -2.26. The molecule has 3 unspecified atom stereocenters. The van der Waals surface area contributed by atoms with Crippen molar-refractivity contribution in [2.24, 2.45) is 0 Å². The van der Waals surface area contributed by atoms with Gasteiger partial charge in [0.15, 0.2) is 0 Å². The summed E-state index contributed by atoms with van der Waals surface area (Å²) < 4.78 is 30.2. The van der Waals surface area contributed by atoms with Crippen LogP contribution >= 0.6 is 0 Å². The molecule has 5 rings (SSSR count). The Balaban J connectivity index is 1.50. The second-order valence-corrected chi connectivity index (χ2v) is 11.9. The van der Waals surface area contributed by atoms with Crippen LogP contribution in [0, 0.1) is 6.92 Å². The molecule has 4 N–H and O–H groups in total. The quantitative estimate of drug-likeness (QED) is 0.179. The van der Waals surface area contributed by atoms with Crippen LogP contribution in [-0.2, 0) is 35.6 Å². The van der Waals surface area contributed by atoms with Crippen LogP contribution in [0.2, 0.25) is 0 Å². The number of hydrogen-bond acceptors (Lipinski definition) is 7. The van der Waals surface area contributed by atoms with E-state index in [1.807, 2.05) is 24.3 Å². The minimum atomic E-state index is -3.99. The molecule has 41 heavy (non-hydrogen) atoms. The topological polar surface area (TPSA) is 181 Å². The van der Waals surface area contributed by atoms with Crippen LogP contribution in [0.25, 0.3) is 21.8 Å². The molecule has 1 fully saturated rings. The van der Waals surface area contributed by atoms with Gasteiger partial charge in [-0.05, 0) is 37.1 Å². The van der Waals surface area contributed by atoms with Crippen molar-refractivity contribution in [3.05, 3.63) is 70.4 Å². The molecule has 0 spiro atoms. The molecule has 2 aromatic heterocycles. The Morgan fingerprint density at radius 3 is 2.63 bits per heavy atom. The normalized spacial score (nSPS) is 17.9. The van der Waals surface area contributed by atoms with Crippen molar-refractivity contribution in [1.82, 2.24) is 28.9 Å². The maximum absolute atomic E-state index is 13.6. The number of benzene rings is 2. The summed E-state index contributed by atoms with van der Waals surface area (Å²) in [6.07, 6.45) is 2.03. The standard InChI is InChI=1S/C27H29N7O6S/c1-15-29-24-18(27(38)34(15)22-11-12-23(35)31-26(22)37)8-6-10-20(24)30-25(36)21(32-41(39,40)33(2)3)13-16-14-28-19-9-5-4-7-17(16)19/h4-10,14,21-22,28H,11-13H2,1-3H3,(H3-,30,31,32,35,36,37,39,40). The molecule has 13 nitrogen and oxygen atoms in total. The number of anilines is 1. The van der Waals surface area contributed by atoms with Crippen LogP contribution in [0.4, 0.5) is 5.69 Å². The highest BCUT2D eigenvalue weighted by Gasteiger charge is 2.33. The van der Waals surface area contributed by atoms with E-state index in [9.17, 15) is 27.9 Å². The molecule has 1 aliphatic rings. The number of aryl methyl sites for hydroxylation is 1. The summed E-state index contributed by atoms with van der Waals surface area (Å²) in [6, 6.07) is 10.0. The van der Waals surface area contributed by atoms with Crippen LogP contribution in [0.3, 0.4) is 0 Å². The van der Waals surface area contributed by atoms with Crippen LogP contribution in [0.1, 0.15) is 30.3 Å². The maximum atomic E-state index is 13.6. The Labute approximate surface area is 235 Å². The summed E-state index contributed by atoms with van der Waals surface area (Å²) in [4.78, 5) is 58.8. The number of carbonyl (C=O) groups is 3. The second kappa shape index (κ2) is 11.0. The predicted octanol–water partition coefficient (Wildman–Crippen LogP) is 1.32. The predicted molar refractivity (Wildman–Crippen MR) is 152 cm³/mol. The van der Waals surface area contributed by atoms with Gasteiger partial charge >= 0.3 is 0 Å². The molecule has 2 aromatic carbocycles. The van der Waals surface area contributed by atoms with Crippen molar-refractivity contribution in [3.8, 4) is 0 Å². The van der Waals surface area contributed by atoms with E-state index in [0.29, 0.717) is 0 Å². The van der Waals surface area contributed by atoms with E-state index in [-0.39, 0.29) is 41.7 Å². The highest BCUT2D eigenvalue weighted by Crippen LogP contribution is 2.25. The Morgan fingerprint density at radius 2 is 1.90 bits per heavy atom. The third-order valence-corrected chi connectivity index (χ3v) is 8.62. The molecule has 3 amide bonds. The van der Waals surface area contributed by atoms with E-state index in [1.54, 1.807) is 25.3 Å². The van der Waals surface area contributed by atoms with E-state index in [4.69, 9.17) is 0 Å². The van der Waals surface area contributed by atoms with Crippen LogP contribution in [0.15, 0.2) is 53.5 Å². The maximum Gasteiger partial charge on any atom is 0.262 e. The smallest absolute Gasteiger partial charge is 0.262 e. The SMILES string of the molecule is Cc1nc2c(NC(=O)C(Cc3c[nH]c4ccccc34)N[S+](=O)([O-])N(C)C)cccc2c(=O)n1C1CCC(=O)NC1=O. The lowest BCUT2D eigenvalue weighted by atomic mass is 10.0. The number of aromatic amines is 1. The van der Waals surface area contributed by atoms with Gasteiger partial charge in [0.05, 0.1) is 11.1 Å². The van der Waals surface area contributed by atoms with Crippen molar-refractivity contribution in [3.63, 3.8) is 0 Å². The number of fused-ring (bicyclic) bond motifs is 2. The first-order valence-corrected chi connectivity index (χ1v) is 14.3. The minimum absolute atomic E-state index is 0.0441. The monoisotopic (exact) mass is 579 g/mol. The number of hydrogen-bond donors (Lipinski definition) is 4. The first-order valence-electron chi connectivity index (χ1n) is 12.9. The fraction of sp³-hybridized carbons (Fsp3) is 0.296. The summed E-state index contributed by atoms with van der Waals surface area (Å²) in [5.41, 5.74) is 1.48. The number of amides is 3. The lowest BCUT2D eigenvalue weighted by Crippen LogP contribution is -2.52. The van der Waals surface area contributed by atoms with Gasteiger partial charge in [0.2, 0.25) is 28.3 Å². The summed E-state index contributed by atoms with van der Waals surface area (Å²) in [5, 5.41) is 6.00. The van der Waals surface area contributed by atoms with E-state index in [1.165, 1.54) is 24.7 Å². The summed E-state index contributed by atoms with van der Waals surface area (Å²) in [6.45, 7) is 1.56. The summed E-state index contributed by atoms with van der Waals surface area (Å²) >= 11 is 0. The number of imide groups is 1. The molecule has 14 heteroatoms. The summed E-state index contributed by atoms with van der Waals surface area (Å²) in [7, 11) is -1.28. The largest absolute Gasteiger partial charge is 0.580 e. The molecule has 0 saturated carbocycles. The van der Waals surface area contributed by atoms with Gasteiger partial charge in [-0.25, -0.2) is 4.98 Å². The van der Waals surface area contributed by atoms with Crippen LogP contribution < -0.4 is 20.9 Å². The zero-order valence-corrected chi connectivity index (χ0v) is 23.4. The fourth-order valence-electron chi connectivity index (χ4n) is 4.94. The first-order chi connectivity index (χ1) is 19.5. The molecule has 3 atom stereocenters. The van der Waals surface area contributed by atoms with Gasteiger partial charge < -0.3 is 14.9 Å². The second-order valence-electron chi connectivity index (χ2n) is 10.0. The fourth-order valence-corrected chi connectivity index (χ4v) is 5.70. The first kappa shape index (κ1) is 28.3. The van der Waals surface area contributed by atoms with Gasteiger partial charge in [0, 0.05) is 44.0 Å². The third-order valence-electron chi connectivity index (χ3n) is 7.07. The van der Waals surface area contributed by atoms with Gasteiger partial charge in [0.25, 0.3) is 5.56 Å². The van der Waals surface area contributed by atoms with Crippen molar-refractivity contribution < 1.29 is 23.1 Å². The van der Waals surface area contributed by atoms with E-state index < -0.39 is 46.0 Å². The number of rotatable bonds is 8. The Kier molecular flexibility index (Phi) is 7.57. The van der Waals surface area contributed by atoms with Gasteiger partial charge in [-0.1, -0.05) is 28.5 Å². The van der Waals surface area contributed by atoms with Gasteiger partial charge in [-0.15, -0.1) is 9.03 Å². The molecule has 0 bridgehead atoms. The van der Waals surface area contributed by atoms with E-state index >= 15 is 0 Å². The molecule has 0 aliphatic carbocycles. The van der Waals surface area contributed by atoms with Gasteiger partial charge in [0.1, 0.15) is 23.4 Å². The Morgan fingerprint density at radius 1 is 1.17 bits per heavy atom. The number of nitrogens with zero attached hydrogens (tertiary/aromatic N) is 3. The van der Waals surface area contributed by atoms with E-state index in [2.05, 4.69) is 25.3 Å². The molecular weight excluding hydrogens is 550 g/mol. The Hall–Kier alpha value is -4.24. The number of piperidine rings is 1. The zero-order chi connectivity index (χ0) is 29.5. The average Bonchev–Trinajstić information content (AvgIpc) is 3.32. The minimum Gasteiger partial charge on any atom is -0.580 e. The summed E-state index contributed by atoms with van der Waals surface area (Å²) in [5.74, 6) is -1.41. The van der Waals surface area contributed by atoms with Gasteiger partial charge in [-0.2, -0.15) is 0 Å². The third kappa shape index (κ3) is 5.54. The van der Waals surface area contributed by atoms with Crippen LogP contribution in [-0.4, -0.2) is 61.3 Å². The molecule has 1 aliphatic heterocycles. The molecular formula is C27H29N7O6S. The number of aromatic nitrogens is 3. The zero-order valence-electron chi connectivity index (χ0n) is 22.6. The van der Waals surface area contributed by atoms with Crippen LogP contribution in [0.5, 0.6) is 0 Å². The molecule has 4 aromatic rings. The molecule has 1 saturated heterocycles. The number of carbonyl (C=O) groups excluding carboxylic acids is 3. The van der Waals surface area contributed by atoms with Crippen molar-refractivity contribution in [2.45, 2.75) is 38.3 Å². The van der Waals surface area contributed by atoms with Crippen molar-refractivity contribution in [1.29, 1.82) is 0 Å². The lowest BCUT2D eigenvalue weighted by molar-refractivity contribution is -0.135. The van der Waals surface area contributed by atoms with E-state index in [0.717, 1.165) is 20.8 Å². The molecule has 3 heterocycles. The Bertz CT molecular complexity index is 1800. The number of nitrogens with one attached hydrogen (secondary N) is 4. The number of para-hydroxylation sites is 2. The number of H-pyrrole nitrogens is 1. The highest BCUT2D eigenvalue weighted by atomic mass is 32.3. The van der Waals surface area contributed by atoms with Crippen molar-refractivity contribution in [2.75, 3.05) is 19.4 Å². The average molecular weight is 580 g/mol. The van der Waals surface area contributed by atoms with Gasteiger partial charge in [-0.3, -0.25) is 29.1 Å².